The summed E-state index contributed by atoms with van der Waals surface area (Å²) in [6.45, 7) is 7.37. The summed E-state index contributed by atoms with van der Waals surface area (Å²) in [7, 11) is 0. The Balaban J connectivity index is 1.74. The Morgan fingerprint density at radius 2 is 1.87 bits per heavy atom. The van der Waals surface area contributed by atoms with Crippen LogP contribution in [0.15, 0.2) is 0 Å². The zero-order chi connectivity index (χ0) is 16.5. The van der Waals surface area contributed by atoms with Gasteiger partial charge in [-0.1, -0.05) is 27.2 Å². The van der Waals surface area contributed by atoms with E-state index < -0.39 is 12.2 Å². The zero-order valence-corrected chi connectivity index (χ0v) is 14.4. The van der Waals surface area contributed by atoms with Crippen molar-refractivity contribution >= 4 is 5.78 Å². The highest BCUT2D eigenvalue weighted by Crippen LogP contribution is 2.57. The van der Waals surface area contributed by atoms with Crippen LogP contribution < -0.4 is 0 Å². The summed E-state index contributed by atoms with van der Waals surface area (Å²) in [5.41, 5.74) is -0.0276. The van der Waals surface area contributed by atoms with Crippen LogP contribution in [0.2, 0.25) is 0 Å². The second-order valence-corrected chi connectivity index (χ2v) is 9.21. The first-order valence-corrected chi connectivity index (χ1v) is 9.33. The van der Waals surface area contributed by atoms with Gasteiger partial charge >= 0.3 is 0 Å². The van der Waals surface area contributed by atoms with Crippen LogP contribution in [0.1, 0.15) is 46.5 Å². The van der Waals surface area contributed by atoms with Crippen LogP contribution in [0.4, 0.5) is 0 Å². The summed E-state index contributed by atoms with van der Waals surface area (Å²) in [5.74, 6) is 0.976. The molecule has 0 spiro atoms. The maximum Gasteiger partial charge on any atom is 0.167 e. The number of Topliss-reactive ketones (excluding diaryl/α,β-unsaturated/α-hetero) is 1. The molecule has 0 amide bonds. The fourth-order valence-corrected chi connectivity index (χ4v) is 6.51. The van der Waals surface area contributed by atoms with Gasteiger partial charge in [0.05, 0.1) is 18.8 Å². The molecule has 3 aliphatic carbocycles. The van der Waals surface area contributed by atoms with Gasteiger partial charge in [0.15, 0.2) is 5.78 Å². The van der Waals surface area contributed by atoms with Crippen molar-refractivity contribution in [3.63, 3.8) is 0 Å². The van der Waals surface area contributed by atoms with Gasteiger partial charge in [-0.05, 0) is 41.9 Å². The van der Waals surface area contributed by atoms with Crippen LogP contribution in [-0.2, 0) is 9.53 Å². The summed E-state index contributed by atoms with van der Waals surface area (Å²) in [5, 5.41) is 21.5. The van der Waals surface area contributed by atoms with E-state index in [0.29, 0.717) is 24.2 Å². The molecule has 23 heavy (non-hydrogen) atoms. The predicted molar refractivity (Wildman–Crippen MR) is 85.6 cm³/mol. The van der Waals surface area contributed by atoms with Crippen LogP contribution in [0.25, 0.3) is 0 Å². The first kappa shape index (κ1) is 16.0. The molecule has 4 aliphatic rings. The van der Waals surface area contributed by atoms with E-state index in [4.69, 9.17) is 4.74 Å². The van der Waals surface area contributed by atoms with E-state index in [2.05, 4.69) is 20.8 Å². The third kappa shape index (κ3) is 2.17. The average molecular weight is 322 g/mol. The van der Waals surface area contributed by atoms with E-state index in [0.717, 1.165) is 19.4 Å². The lowest BCUT2D eigenvalue weighted by Crippen LogP contribution is -2.62. The fourth-order valence-electron chi connectivity index (χ4n) is 6.51. The molecule has 3 saturated carbocycles. The molecule has 4 rings (SSSR count). The fraction of sp³-hybridized carbons (Fsp3) is 0.947. The smallest absolute Gasteiger partial charge is 0.167 e. The zero-order valence-electron chi connectivity index (χ0n) is 14.4. The molecule has 0 aromatic rings. The number of carbonyl (C=O) groups excluding carboxylic acids is 1. The quantitative estimate of drug-likeness (QED) is 0.716. The number of fused-ring (bicyclic) bond motifs is 5. The molecule has 1 saturated heterocycles. The minimum atomic E-state index is -0.928. The highest BCUT2D eigenvalue weighted by atomic mass is 16.5. The lowest BCUT2D eigenvalue weighted by Gasteiger charge is -2.58. The molecule has 1 heterocycles. The molecule has 0 radical (unpaired) electrons. The summed E-state index contributed by atoms with van der Waals surface area (Å²) in [4.78, 5) is 13.1. The summed E-state index contributed by atoms with van der Waals surface area (Å²) in [6, 6.07) is 0. The highest BCUT2D eigenvalue weighted by Gasteiger charge is 2.59. The van der Waals surface area contributed by atoms with Gasteiger partial charge in [0.25, 0.3) is 0 Å². The molecule has 1 aliphatic heterocycles. The van der Waals surface area contributed by atoms with Gasteiger partial charge in [-0.25, -0.2) is 0 Å². The number of aliphatic hydroxyl groups is 2. The maximum absolute atomic E-state index is 13.1. The van der Waals surface area contributed by atoms with Gasteiger partial charge in [0.1, 0.15) is 6.10 Å². The van der Waals surface area contributed by atoms with Gasteiger partial charge in [-0.2, -0.15) is 0 Å². The first-order valence-electron chi connectivity index (χ1n) is 9.33. The Bertz CT molecular complexity index is 502. The van der Waals surface area contributed by atoms with E-state index in [9.17, 15) is 15.0 Å². The Hall–Kier alpha value is -0.450. The number of ether oxygens (including phenoxy) is 1. The third-order valence-corrected chi connectivity index (χ3v) is 7.89. The van der Waals surface area contributed by atoms with Gasteiger partial charge < -0.3 is 14.9 Å². The monoisotopic (exact) mass is 322 g/mol. The van der Waals surface area contributed by atoms with Gasteiger partial charge in [-0.3, -0.25) is 4.79 Å². The molecule has 130 valence electrons. The standard InChI is InChI=1S/C19H30O4/c1-9-4-5-10-6-11-12-8-23-14(12)7-13(20)15(11)17(21)18(22)16(9)19(10,2)3/h9-16,18,20,22H,4-8H2,1-3H3/t9?,10?,11?,12?,13-,14?,15?,16?,18+/m0/s1. The summed E-state index contributed by atoms with van der Waals surface area (Å²) < 4.78 is 5.63. The van der Waals surface area contributed by atoms with Gasteiger partial charge in [0, 0.05) is 18.3 Å². The van der Waals surface area contributed by atoms with E-state index >= 15 is 0 Å². The van der Waals surface area contributed by atoms with E-state index in [1.54, 1.807) is 0 Å². The Morgan fingerprint density at radius 3 is 2.52 bits per heavy atom. The Labute approximate surface area is 138 Å². The molecule has 9 atom stereocenters. The minimum absolute atomic E-state index is 0.0114. The van der Waals surface area contributed by atoms with Crippen molar-refractivity contribution in [1.82, 2.24) is 0 Å². The normalized spacial score (nSPS) is 55.0. The largest absolute Gasteiger partial charge is 0.392 e. The van der Waals surface area contributed by atoms with Crippen molar-refractivity contribution in [2.45, 2.75) is 64.8 Å². The molecule has 7 unspecified atom stereocenters. The maximum atomic E-state index is 13.1. The number of aliphatic hydroxyl groups excluding tert-OH is 2. The van der Waals surface area contributed by atoms with E-state index in [1.165, 1.54) is 6.42 Å². The van der Waals surface area contributed by atoms with Crippen molar-refractivity contribution in [2.24, 2.45) is 40.9 Å². The number of ketones is 1. The van der Waals surface area contributed by atoms with Crippen molar-refractivity contribution in [3.05, 3.63) is 0 Å². The van der Waals surface area contributed by atoms with Crippen molar-refractivity contribution < 1.29 is 19.7 Å². The number of carbonyl (C=O) groups is 1. The van der Waals surface area contributed by atoms with Crippen LogP contribution in [0.3, 0.4) is 0 Å². The molecule has 2 bridgehead atoms. The summed E-state index contributed by atoms with van der Waals surface area (Å²) >= 11 is 0. The highest BCUT2D eigenvalue weighted by molar-refractivity contribution is 5.86. The topological polar surface area (TPSA) is 66.8 Å². The number of hydrogen-bond donors (Lipinski definition) is 2. The van der Waals surface area contributed by atoms with Gasteiger partial charge in [0.2, 0.25) is 0 Å². The third-order valence-electron chi connectivity index (χ3n) is 7.89. The van der Waals surface area contributed by atoms with E-state index in [-0.39, 0.29) is 35.1 Å². The van der Waals surface area contributed by atoms with Crippen LogP contribution >= 0.6 is 0 Å². The van der Waals surface area contributed by atoms with Crippen molar-refractivity contribution in [1.29, 1.82) is 0 Å². The van der Waals surface area contributed by atoms with Crippen molar-refractivity contribution in [3.8, 4) is 0 Å². The van der Waals surface area contributed by atoms with Crippen molar-refractivity contribution in [2.75, 3.05) is 6.61 Å². The van der Waals surface area contributed by atoms with E-state index in [1.807, 2.05) is 0 Å². The second kappa shape index (κ2) is 5.27. The molecule has 0 aromatic heterocycles. The molecular formula is C19H30O4. The summed E-state index contributed by atoms with van der Waals surface area (Å²) in [6.07, 6.45) is 2.36. The molecular weight excluding hydrogens is 292 g/mol. The first-order chi connectivity index (χ1) is 10.8. The Morgan fingerprint density at radius 1 is 1.13 bits per heavy atom. The van der Waals surface area contributed by atoms with Crippen LogP contribution in [0, 0.1) is 40.9 Å². The van der Waals surface area contributed by atoms with Crippen LogP contribution in [-0.4, -0.2) is 40.9 Å². The molecule has 0 aromatic carbocycles. The Kier molecular flexibility index (Phi) is 3.68. The molecule has 2 N–H and O–H groups in total. The SMILES string of the molecule is CC1CCC2CC3C4COC4C[C@H](O)C3C(=O)[C@H](O)C1C2(C)C. The van der Waals surface area contributed by atoms with Gasteiger partial charge in [-0.15, -0.1) is 0 Å². The number of hydrogen-bond acceptors (Lipinski definition) is 4. The van der Waals surface area contributed by atoms with Crippen LogP contribution in [0.5, 0.6) is 0 Å². The lowest BCUT2D eigenvalue weighted by atomic mass is 9.49. The minimum Gasteiger partial charge on any atom is -0.392 e. The average Bonchev–Trinajstić information content (AvgIpc) is 2.44. The molecule has 4 fully saturated rings. The number of rotatable bonds is 0. The predicted octanol–water partition coefficient (Wildman–Crippen LogP) is 2.02. The molecule has 4 nitrogen and oxygen atoms in total. The second-order valence-electron chi connectivity index (χ2n) is 9.21. The lowest BCUT2D eigenvalue weighted by molar-refractivity contribution is -0.216. The molecule has 4 heteroatoms.